The summed E-state index contributed by atoms with van der Waals surface area (Å²) >= 11 is 0. The second-order valence-corrected chi connectivity index (χ2v) is 9.12. The second kappa shape index (κ2) is 9.87. The monoisotopic (exact) mass is 486 g/mol. The molecule has 1 unspecified atom stereocenters. The Morgan fingerprint density at radius 3 is 2.72 bits per heavy atom. The lowest BCUT2D eigenvalue weighted by atomic mass is 10.1. The summed E-state index contributed by atoms with van der Waals surface area (Å²) in [5.41, 5.74) is 3.82. The van der Waals surface area contributed by atoms with Gasteiger partial charge in [-0.1, -0.05) is 0 Å². The number of aromatic nitrogens is 3. The fourth-order valence-electron chi connectivity index (χ4n) is 4.52. The number of fused-ring (bicyclic) bond motifs is 1. The maximum absolute atomic E-state index is 13.1. The number of nitrogens with zero attached hydrogens (tertiary/aromatic N) is 4. The van der Waals surface area contributed by atoms with Crippen molar-refractivity contribution in [3.8, 4) is 22.9 Å². The van der Waals surface area contributed by atoms with Crippen LogP contribution in [0, 0.1) is 0 Å². The van der Waals surface area contributed by atoms with Crippen LogP contribution < -0.4 is 14.8 Å². The number of methoxy groups -OCH3 is 2. The van der Waals surface area contributed by atoms with Crippen LogP contribution in [-0.4, -0.2) is 78.1 Å². The lowest BCUT2D eigenvalue weighted by Gasteiger charge is -2.21. The number of carbonyl (C=O) groups excluding carboxylic acids is 1. The van der Waals surface area contributed by atoms with E-state index in [0.717, 1.165) is 41.9 Å². The minimum atomic E-state index is 0.0152. The Bertz CT molecular complexity index is 1400. The number of nitrogens with one attached hydrogen (secondary N) is 2. The first-order valence-corrected chi connectivity index (χ1v) is 11.8. The Balaban J connectivity index is 1.35. The maximum Gasteiger partial charge on any atom is 0.254 e. The molecule has 3 heterocycles. The lowest BCUT2D eigenvalue weighted by molar-refractivity contribution is 0.0782. The highest BCUT2D eigenvalue weighted by Crippen LogP contribution is 2.31. The first-order chi connectivity index (χ1) is 17.4. The molecule has 1 amide bonds. The number of ether oxygens (including phenoxy) is 2. The van der Waals surface area contributed by atoms with Crippen LogP contribution >= 0.6 is 0 Å². The standard InChI is InChI=1S/C27H30N6O3/c1-32(2)19-9-10-33(16-19)27(34)18-6-8-21(25(12-18)36-4)30-26-15-28-14-24(31-26)23-11-17-5-7-20(35-3)13-22(17)29-23/h5-8,11-15,19,29H,9-10,16H2,1-4H3,(H,30,31). The average molecular weight is 487 g/mol. The van der Waals surface area contributed by atoms with E-state index >= 15 is 0 Å². The zero-order valence-electron chi connectivity index (χ0n) is 20.9. The van der Waals surface area contributed by atoms with E-state index in [1.807, 2.05) is 41.3 Å². The third kappa shape index (κ3) is 4.70. The second-order valence-electron chi connectivity index (χ2n) is 9.12. The molecule has 0 radical (unpaired) electrons. The third-order valence-corrected chi connectivity index (χ3v) is 6.63. The zero-order valence-corrected chi connectivity index (χ0v) is 20.9. The van der Waals surface area contributed by atoms with E-state index in [4.69, 9.17) is 14.5 Å². The molecule has 4 aromatic rings. The average Bonchev–Trinajstić information content (AvgIpc) is 3.56. The quantitative estimate of drug-likeness (QED) is 0.405. The highest BCUT2D eigenvalue weighted by molar-refractivity contribution is 5.95. The molecule has 9 nitrogen and oxygen atoms in total. The summed E-state index contributed by atoms with van der Waals surface area (Å²) in [7, 11) is 7.34. The molecule has 1 atom stereocenters. The van der Waals surface area contributed by atoms with Crippen molar-refractivity contribution in [2.45, 2.75) is 12.5 Å². The number of hydrogen-bond donors (Lipinski definition) is 2. The van der Waals surface area contributed by atoms with E-state index in [1.54, 1.807) is 32.7 Å². The zero-order chi connectivity index (χ0) is 25.2. The molecule has 0 bridgehead atoms. The molecule has 1 aliphatic heterocycles. The van der Waals surface area contributed by atoms with Gasteiger partial charge in [-0.3, -0.25) is 9.78 Å². The molecular weight excluding hydrogens is 456 g/mol. The van der Waals surface area contributed by atoms with Crippen molar-refractivity contribution in [1.29, 1.82) is 0 Å². The largest absolute Gasteiger partial charge is 0.497 e. The van der Waals surface area contributed by atoms with Crippen molar-refractivity contribution in [3.63, 3.8) is 0 Å². The Labute approximate surface area is 210 Å². The predicted octanol–water partition coefficient (Wildman–Crippen LogP) is 4.16. The highest BCUT2D eigenvalue weighted by atomic mass is 16.5. The molecule has 186 valence electrons. The SMILES string of the molecule is COc1ccc2cc(-c3cncc(Nc4ccc(C(=O)N5CCC(N(C)C)C5)cc4OC)n3)[nH]c2c1. The van der Waals surface area contributed by atoms with Crippen LogP contribution in [0.1, 0.15) is 16.8 Å². The van der Waals surface area contributed by atoms with Gasteiger partial charge in [-0.05, 0) is 56.9 Å². The normalized spacial score (nSPS) is 15.5. The van der Waals surface area contributed by atoms with Crippen LogP contribution in [0.4, 0.5) is 11.5 Å². The number of rotatable bonds is 7. The molecule has 36 heavy (non-hydrogen) atoms. The molecule has 9 heteroatoms. The van der Waals surface area contributed by atoms with Gasteiger partial charge in [0.1, 0.15) is 23.0 Å². The van der Waals surface area contributed by atoms with Crippen molar-refractivity contribution >= 4 is 28.3 Å². The fraction of sp³-hybridized carbons (Fsp3) is 0.296. The van der Waals surface area contributed by atoms with Crippen molar-refractivity contribution in [3.05, 3.63) is 60.4 Å². The van der Waals surface area contributed by atoms with Crippen molar-refractivity contribution < 1.29 is 14.3 Å². The topological polar surface area (TPSA) is 95.6 Å². The number of likely N-dealkylation sites (tertiary alicyclic amines) is 1. The van der Waals surface area contributed by atoms with Gasteiger partial charge >= 0.3 is 0 Å². The molecule has 2 aromatic heterocycles. The van der Waals surface area contributed by atoms with E-state index in [0.29, 0.717) is 34.6 Å². The summed E-state index contributed by atoms with van der Waals surface area (Å²) in [4.78, 5) is 29.6. The van der Waals surface area contributed by atoms with E-state index in [-0.39, 0.29) is 5.91 Å². The first-order valence-electron chi connectivity index (χ1n) is 11.8. The molecule has 2 N–H and O–H groups in total. The number of anilines is 2. The van der Waals surface area contributed by atoms with E-state index in [2.05, 4.69) is 34.3 Å². The molecule has 1 fully saturated rings. The number of amides is 1. The van der Waals surface area contributed by atoms with E-state index in [9.17, 15) is 4.79 Å². The molecule has 1 aliphatic rings. The molecule has 0 spiro atoms. The minimum absolute atomic E-state index is 0.0152. The number of hydrogen-bond acceptors (Lipinski definition) is 7. The minimum Gasteiger partial charge on any atom is -0.497 e. The summed E-state index contributed by atoms with van der Waals surface area (Å²) < 4.78 is 10.9. The summed E-state index contributed by atoms with van der Waals surface area (Å²) in [6.45, 7) is 1.49. The molecule has 0 aliphatic carbocycles. The van der Waals surface area contributed by atoms with Crippen LogP contribution in [0.15, 0.2) is 54.9 Å². The van der Waals surface area contributed by atoms with Crippen LogP contribution in [0.5, 0.6) is 11.5 Å². The summed E-state index contributed by atoms with van der Waals surface area (Å²) in [6, 6.07) is 13.7. The molecule has 2 aromatic carbocycles. The molecule has 0 saturated carbocycles. The number of benzene rings is 2. The van der Waals surface area contributed by atoms with Crippen molar-refractivity contribution in [2.24, 2.45) is 0 Å². The Hall–Kier alpha value is -4.11. The number of H-pyrrole nitrogens is 1. The Morgan fingerprint density at radius 2 is 1.97 bits per heavy atom. The first kappa shape index (κ1) is 23.6. The summed E-state index contributed by atoms with van der Waals surface area (Å²) in [5, 5.41) is 4.34. The Morgan fingerprint density at radius 1 is 1.11 bits per heavy atom. The van der Waals surface area contributed by atoms with Gasteiger partial charge in [-0.2, -0.15) is 0 Å². The van der Waals surface area contributed by atoms with Crippen LogP contribution in [0.25, 0.3) is 22.3 Å². The third-order valence-electron chi connectivity index (χ3n) is 6.63. The maximum atomic E-state index is 13.1. The van der Waals surface area contributed by atoms with Gasteiger partial charge in [0.25, 0.3) is 5.91 Å². The highest BCUT2D eigenvalue weighted by Gasteiger charge is 2.28. The summed E-state index contributed by atoms with van der Waals surface area (Å²) in [6.07, 6.45) is 4.34. The van der Waals surface area contributed by atoms with Gasteiger partial charge in [-0.15, -0.1) is 0 Å². The van der Waals surface area contributed by atoms with Crippen LogP contribution in [-0.2, 0) is 0 Å². The predicted molar refractivity (Wildman–Crippen MR) is 140 cm³/mol. The van der Waals surface area contributed by atoms with Crippen LogP contribution in [0.3, 0.4) is 0 Å². The summed E-state index contributed by atoms with van der Waals surface area (Å²) in [5.74, 6) is 1.93. The van der Waals surface area contributed by atoms with Gasteiger partial charge in [-0.25, -0.2) is 4.98 Å². The molecular formula is C27H30N6O3. The number of carbonyl (C=O) groups is 1. The number of aromatic amines is 1. The van der Waals surface area contributed by atoms with Crippen LogP contribution in [0.2, 0.25) is 0 Å². The van der Waals surface area contributed by atoms with E-state index < -0.39 is 0 Å². The number of likely N-dealkylation sites (N-methyl/N-ethyl adjacent to an activating group) is 1. The van der Waals surface area contributed by atoms with Gasteiger partial charge in [0.05, 0.1) is 38.0 Å². The molecule has 1 saturated heterocycles. The fourth-order valence-corrected chi connectivity index (χ4v) is 4.52. The van der Waals surface area contributed by atoms with Gasteiger partial charge in [0, 0.05) is 41.7 Å². The van der Waals surface area contributed by atoms with Crippen molar-refractivity contribution in [1.82, 2.24) is 24.8 Å². The smallest absolute Gasteiger partial charge is 0.254 e. The van der Waals surface area contributed by atoms with E-state index in [1.165, 1.54) is 0 Å². The van der Waals surface area contributed by atoms with Crippen molar-refractivity contribution in [2.75, 3.05) is 46.7 Å². The lowest BCUT2D eigenvalue weighted by Crippen LogP contribution is -2.34. The molecule has 5 rings (SSSR count). The van der Waals surface area contributed by atoms with Gasteiger partial charge in [0.2, 0.25) is 0 Å². The Kier molecular flexibility index (Phi) is 6.47. The van der Waals surface area contributed by atoms with Gasteiger partial charge in [0.15, 0.2) is 0 Å². The van der Waals surface area contributed by atoms with Gasteiger partial charge < -0.3 is 29.6 Å².